The van der Waals surface area contributed by atoms with Gasteiger partial charge in [-0.1, -0.05) is 0 Å². The Morgan fingerprint density at radius 2 is 2.06 bits per heavy atom. The maximum absolute atomic E-state index is 5.37. The molecule has 0 radical (unpaired) electrons. The first-order valence-electron chi connectivity index (χ1n) is 5.85. The molecule has 0 fully saturated rings. The van der Waals surface area contributed by atoms with E-state index in [9.17, 15) is 0 Å². The van der Waals surface area contributed by atoms with Crippen molar-refractivity contribution in [2.45, 2.75) is 19.4 Å². The molecule has 0 aliphatic heterocycles. The zero-order chi connectivity index (χ0) is 13.5. The summed E-state index contributed by atoms with van der Waals surface area (Å²) in [5.41, 5.74) is 2.49. The van der Waals surface area contributed by atoms with Gasteiger partial charge >= 0.3 is 0 Å². The number of nitrogens with one attached hydrogen (secondary N) is 2. The van der Waals surface area contributed by atoms with Crippen molar-refractivity contribution in [1.29, 1.82) is 0 Å². The maximum atomic E-state index is 5.37. The van der Waals surface area contributed by atoms with Gasteiger partial charge in [-0.25, -0.2) is 15.8 Å². The van der Waals surface area contributed by atoms with Crippen molar-refractivity contribution in [1.82, 2.24) is 14.9 Å². The third kappa shape index (κ3) is 4.01. The summed E-state index contributed by atoms with van der Waals surface area (Å²) in [7, 11) is 5.66. The monoisotopic (exact) mass is 254 g/mol. The van der Waals surface area contributed by atoms with Gasteiger partial charge in [-0.15, -0.1) is 0 Å². The van der Waals surface area contributed by atoms with Crippen LogP contribution in [0, 0.1) is 0 Å². The highest BCUT2D eigenvalue weighted by Gasteiger charge is 2.13. The van der Waals surface area contributed by atoms with Gasteiger partial charge in [-0.3, -0.25) is 0 Å². The van der Waals surface area contributed by atoms with Crippen LogP contribution in [0.1, 0.15) is 13.3 Å². The van der Waals surface area contributed by atoms with Crippen LogP contribution < -0.4 is 21.3 Å². The highest BCUT2D eigenvalue weighted by atomic mass is 16.5. The fourth-order valence-electron chi connectivity index (χ4n) is 1.53. The average molecular weight is 254 g/mol. The Morgan fingerprint density at radius 1 is 1.39 bits per heavy atom. The molecule has 102 valence electrons. The van der Waals surface area contributed by atoms with Crippen molar-refractivity contribution in [3.8, 4) is 5.75 Å². The van der Waals surface area contributed by atoms with Gasteiger partial charge in [0.15, 0.2) is 11.6 Å². The molecule has 0 saturated carbocycles. The Hall–Kier alpha value is -1.60. The molecule has 1 aromatic heterocycles. The Kier molecular flexibility index (Phi) is 5.60. The number of nitrogens with two attached hydrogens (primary N) is 1. The van der Waals surface area contributed by atoms with E-state index >= 15 is 0 Å². The topological polar surface area (TPSA) is 88.3 Å². The molecule has 18 heavy (non-hydrogen) atoms. The molecule has 0 bridgehead atoms. The summed E-state index contributed by atoms with van der Waals surface area (Å²) in [6, 6.07) is 0.279. The molecule has 4 N–H and O–H groups in total. The molecule has 0 saturated heterocycles. The number of hydrogen-bond acceptors (Lipinski definition) is 7. The van der Waals surface area contributed by atoms with Crippen LogP contribution in [0.2, 0.25) is 0 Å². The van der Waals surface area contributed by atoms with Crippen LogP contribution in [-0.4, -0.2) is 48.7 Å². The first-order chi connectivity index (χ1) is 8.58. The summed E-state index contributed by atoms with van der Waals surface area (Å²) in [5, 5.41) is 3.29. The molecule has 7 heteroatoms. The number of methoxy groups -OCH3 is 1. The Labute approximate surface area is 108 Å². The van der Waals surface area contributed by atoms with Crippen molar-refractivity contribution in [3.05, 3.63) is 6.33 Å². The lowest BCUT2D eigenvalue weighted by Gasteiger charge is -2.19. The summed E-state index contributed by atoms with van der Waals surface area (Å²) in [4.78, 5) is 10.3. The maximum Gasteiger partial charge on any atom is 0.205 e. The van der Waals surface area contributed by atoms with E-state index in [4.69, 9.17) is 10.6 Å². The summed E-state index contributed by atoms with van der Waals surface area (Å²) < 4.78 is 5.25. The summed E-state index contributed by atoms with van der Waals surface area (Å²) in [6.45, 7) is 3.10. The van der Waals surface area contributed by atoms with E-state index in [1.807, 2.05) is 0 Å². The van der Waals surface area contributed by atoms with Gasteiger partial charge in [0.1, 0.15) is 6.33 Å². The van der Waals surface area contributed by atoms with Gasteiger partial charge in [0.05, 0.1) is 7.11 Å². The highest BCUT2D eigenvalue weighted by molar-refractivity contribution is 5.63. The molecule has 0 amide bonds. The normalized spacial score (nSPS) is 12.3. The van der Waals surface area contributed by atoms with Gasteiger partial charge in [0.25, 0.3) is 0 Å². The fourth-order valence-corrected chi connectivity index (χ4v) is 1.53. The van der Waals surface area contributed by atoms with E-state index in [-0.39, 0.29) is 6.04 Å². The third-order valence-corrected chi connectivity index (χ3v) is 2.54. The van der Waals surface area contributed by atoms with Crippen LogP contribution in [0.3, 0.4) is 0 Å². The molecule has 0 aliphatic carbocycles. The van der Waals surface area contributed by atoms with Crippen molar-refractivity contribution >= 4 is 11.6 Å². The molecule has 1 aromatic rings. The van der Waals surface area contributed by atoms with Gasteiger partial charge in [0.2, 0.25) is 5.75 Å². The van der Waals surface area contributed by atoms with E-state index in [0.29, 0.717) is 17.4 Å². The number of nitrogens with zero attached hydrogens (tertiary/aromatic N) is 3. The molecule has 1 unspecified atom stereocenters. The average Bonchev–Trinajstić information content (AvgIpc) is 2.36. The van der Waals surface area contributed by atoms with Gasteiger partial charge in [-0.05, 0) is 34.0 Å². The van der Waals surface area contributed by atoms with Crippen LogP contribution >= 0.6 is 0 Å². The van der Waals surface area contributed by atoms with Gasteiger partial charge in [0, 0.05) is 6.04 Å². The Balaban J connectivity index is 2.71. The standard InChI is InChI=1S/C11H22N6O/c1-8(5-6-17(2)3)15-10-9(18-4)11(16-12)14-7-13-10/h7-8H,5-6,12H2,1-4H3,(H2,13,14,15,16). The molecular weight excluding hydrogens is 232 g/mol. The van der Waals surface area contributed by atoms with E-state index < -0.39 is 0 Å². The van der Waals surface area contributed by atoms with E-state index in [1.54, 1.807) is 7.11 Å². The second-order valence-electron chi connectivity index (χ2n) is 4.39. The molecule has 1 heterocycles. The predicted octanol–water partition coefficient (Wildman–Crippen LogP) is 0.523. The second-order valence-corrected chi connectivity index (χ2v) is 4.39. The second kappa shape index (κ2) is 6.97. The molecule has 1 atom stereocenters. The number of hydrogen-bond donors (Lipinski definition) is 3. The first-order valence-corrected chi connectivity index (χ1v) is 5.85. The van der Waals surface area contributed by atoms with Crippen LogP contribution in [0.5, 0.6) is 5.75 Å². The largest absolute Gasteiger partial charge is 0.490 e. The van der Waals surface area contributed by atoms with Crippen molar-refractivity contribution in [2.24, 2.45) is 5.84 Å². The predicted molar refractivity (Wildman–Crippen MR) is 72.6 cm³/mol. The number of aromatic nitrogens is 2. The van der Waals surface area contributed by atoms with Crippen LogP contribution in [0.15, 0.2) is 6.33 Å². The molecule has 0 aliphatic rings. The van der Waals surface area contributed by atoms with Crippen LogP contribution in [0.4, 0.5) is 11.6 Å². The molecule has 7 nitrogen and oxygen atoms in total. The Bertz CT molecular complexity index is 371. The highest BCUT2D eigenvalue weighted by Crippen LogP contribution is 2.28. The lowest BCUT2D eigenvalue weighted by atomic mass is 10.2. The minimum Gasteiger partial charge on any atom is -0.490 e. The lowest BCUT2D eigenvalue weighted by molar-refractivity contribution is 0.388. The number of nitrogen functional groups attached to an aromatic ring is 1. The minimum absolute atomic E-state index is 0.279. The lowest BCUT2D eigenvalue weighted by Crippen LogP contribution is -2.24. The zero-order valence-electron chi connectivity index (χ0n) is 11.4. The van der Waals surface area contributed by atoms with Gasteiger partial charge in [-0.2, -0.15) is 0 Å². The zero-order valence-corrected chi connectivity index (χ0v) is 11.4. The molecule has 0 spiro atoms. The van der Waals surface area contributed by atoms with E-state index in [0.717, 1.165) is 13.0 Å². The van der Waals surface area contributed by atoms with E-state index in [2.05, 4.69) is 46.6 Å². The van der Waals surface area contributed by atoms with Crippen molar-refractivity contribution in [2.75, 3.05) is 38.5 Å². The Morgan fingerprint density at radius 3 is 2.61 bits per heavy atom. The van der Waals surface area contributed by atoms with Crippen molar-refractivity contribution < 1.29 is 4.74 Å². The minimum atomic E-state index is 0.279. The fraction of sp³-hybridized carbons (Fsp3) is 0.636. The SMILES string of the molecule is COc1c(NN)ncnc1NC(C)CCN(C)C. The molecule has 1 rings (SSSR count). The van der Waals surface area contributed by atoms with Crippen molar-refractivity contribution in [3.63, 3.8) is 0 Å². The summed E-state index contributed by atoms with van der Waals surface area (Å²) >= 11 is 0. The van der Waals surface area contributed by atoms with Crippen LogP contribution in [0.25, 0.3) is 0 Å². The first kappa shape index (κ1) is 14.5. The summed E-state index contributed by atoms with van der Waals surface area (Å²) in [6.07, 6.45) is 2.45. The molecule has 0 aromatic carbocycles. The number of anilines is 2. The van der Waals surface area contributed by atoms with E-state index in [1.165, 1.54) is 6.33 Å². The van der Waals surface area contributed by atoms with Crippen LogP contribution in [-0.2, 0) is 0 Å². The smallest absolute Gasteiger partial charge is 0.205 e. The number of ether oxygens (including phenoxy) is 1. The third-order valence-electron chi connectivity index (χ3n) is 2.54. The van der Waals surface area contributed by atoms with Gasteiger partial charge < -0.3 is 20.4 Å². The summed E-state index contributed by atoms with van der Waals surface area (Å²) in [5.74, 6) is 7.01. The molecular formula is C11H22N6O. The quantitative estimate of drug-likeness (QED) is 0.483. The number of rotatable bonds is 7. The number of hydrazine groups is 1.